The molecule has 65 heavy (non-hydrogen) atoms. The van der Waals surface area contributed by atoms with Crippen LogP contribution in [0.3, 0.4) is 0 Å². The second-order valence-electron chi connectivity index (χ2n) is 18.4. The summed E-state index contributed by atoms with van der Waals surface area (Å²) < 4.78 is 21.8. The van der Waals surface area contributed by atoms with E-state index < -0.39 is 0 Å². The molecule has 2 heterocycles. The first kappa shape index (κ1) is 60.1. The van der Waals surface area contributed by atoms with E-state index >= 15 is 0 Å². The van der Waals surface area contributed by atoms with E-state index in [4.69, 9.17) is 18.9 Å². The van der Waals surface area contributed by atoms with E-state index in [0.29, 0.717) is 83.3 Å². The van der Waals surface area contributed by atoms with Crippen LogP contribution in [0.2, 0.25) is 0 Å². The summed E-state index contributed by atoms with van der Waals surface area (Å²) in [5.41, 5.74) is -0.230. The second-order valence-corrected chi connectivity index (χ2v) is 24.2. The highest BCUT2D eigenvalue weighted by molar-refractivity contribution is 8.77. The number of ether oxygens (including phenoxy) is 4. The summed E-state index contributed by atoms with van der Waals surface area (Å²) in [5, 5.41) is 16.0. The van der Waals surface area contributed by atoms with Gasteiger partial charge in [0, 0.05) is 108 Å². The van der Waals surface area contributed by atoms with Gasteiger partial charge in [0.25, 0.3) is 0 Å². The Balaban J connectivity index is 1.48. The molecule has 0 aromatic rings. The summed E-state index contributed by atoms with van der Waals surface area (Å²) in [4.78, 5) is 61.5. The molecule has 2 aliphatic rings. The van der Waals surface area contributed by atoms with Crippen molar-refractivity contribution < 1.29 is 43.2 Å². The number of piperazine rings is 2. The van der Waals surface area contributed by atoms with Crippen molar-refractivity contribution in [1.29, 1.82) is 0 Å². The lowest BCUT2D eigenvalue weighted by Crippen LogP contribution is -2.45. The maximum absolute atomic E-state index is 12.7. The normalized spacial score (nSPS) is 15.9. The van der Waals surface area contributed by atoms with Crippen LogP contribution in [0.1, 0.15) is 79.1 Å². The summed E-state index contributed by atoms with van der Waals surface area (Å²) >= 11 is 0. The van der Waals surface area contributed by atoms with Crippen LogP contribution in [0, 0.1) is 5.41 Å². The standard InChI is InChI=1S/C45H87N7O9S4/c1-44(2,39-64-62-35-33-58-40(54)11-17-46-15-9-20-51-28-24-48(5)25-29-51)37-60-43(57)14-23-50(19-7-8-32-53)22-13-42(56)59-34-36-63-65-45(3,4)38-61-41(55)12-18-47-16-10-21-52-30-26-49(6)27-31-52/h46-47,53H,7-39H2,1-6H3. The van der Waals surface area contributed by atoms with Gasteiger partial charge in [-0.05, 0) is 86.3 Å². The van der Waals surface area contributed by atoms with Crippen molar-refractivity contribution in [1.82, 2.24) is 35.1 Å². The maximum atomic E-state index is 12.7. The van der Waals surface area contributed by atoms with E-state index in [9.17, 15) is 24.3 Å². The van der Waals surface area contributed by atoms with Crippen LogP contribution in [0.5, 0.6) is 0 Å². The Morgan fingerprint density at radius 2 is 1.05 bits per heavy atom. The van der Waals surface area contributed by atoms with Gasteiger partial charge in [0.1, 0.15) is 19.8 Å². The third-order valence-corrected chi connectivity index (χ3v) is 16.9. The molecule has 0 radical (unpaired) electrons. The molecule has 2 saturated heterocycles. The van der Waals surface area contributed by atoms with Crippen molar-refractivity contribution in [2.75, 3.05) is 176 Å². The number of carbonyl (C=O) groups is 4. The van der Waals surface area contributed by atoms with Gasteiger partial charge in [-0.2, -0.15) is 0 Å². The monoisotopic (exact) mass is 998 g/mol. The number of unbranched alkanes of at least 4 members (excludes halogenated alkanes) is 1. The largest absolute Gasteiger partial charge is 0.465 e. The molecule has 380 valence electrons. The average molecular weight is 998 g/mol. The van der Waals surface area contributed by atoms with Crippen molar-refractivity contribution in [2.24, 2.45) is 5.41 Å². The highest BCUT2D eigenvalue weighted by Gasteiger charge is 2.23. The van der Waals surface area contributed by atoms with Gasteiger partial charge in [-0.15, -0.1) is 0 Å². The number of carbonyl (C=O) groups excluding carboxylic acids is 4. The van der Waals surface area contributed by atoms with Gasteiger partial charge in [0.05, 0.1) is 37.0 Å². The molecule has 20 heteroatoms. The van der Waals surface area contributed by atoms with Crippen molar-refractivity contribution in [2.45, 2.75) is 83.8 Å². The number of rotatable bonds is 39. The van der Waals surface area contributed by atoms with Gasteiger partial charge in [-0.1, -0.05) is 57.0 Å². The van der Waals surface area contributed by atoms with Gasteiger partial charge in [0.2, 0.25) is 0 Å². The number of nitrogens with one attached hydrogen (secondary N) is 2. The smallest absolute Gasteiger partial charge is 0.307 e. The summed E-state index contributed by atoms with van der Waals surface area (Å²) in [6, 6.07) is 0. The Kier molecular flexibility index (Phi) is 34.1. The molecule has 2 aliphatic heterocycles. The number of aliphatic hydroxyl groups excluding tert-OH is 1. The summed E-state index contributed by atoms with van der Waals surface area (Å²) in [5.74, 6) is 1.11. The van der Waals surface area contributed by atoms with Crippen LogP contribution in [0.25, 0.3) is 0 Å². The molecule has 2 rings (SSSR count). The Morgan fingerprint density at radius 1 is 0.569 bits per heavy atom. The number of aliphatic hydroxyl groups is 1. The Bertz CT molecular complexity index is 1280. The summed E-state index contributed by atoms with van der Waals surface area (Å²) in [6.45, 7) is 25.3. The van der Waals surface area contributed by atoms with Crippen LogP contribution in [-0.2, 0) is 38.1 Å². The average Bonchev–Trinajstić information content (AvgIpc) is 3.27. The number of esters is 4. The lowest BCUT2D eigenvalue weighted by atomic mass is 9.98. The van der Waals surface area contributed by atoms with Crippen molar-refractivity contribution >= 4 is 67.1 Å². The fourth-order valence-electron chi connectivity index (χ4n) is 6.64. The fourth-order valence-corrected chi connectivity index (χ4v) is 11.4. The molecule has 0 aromatic carbocycles. The topological polar surface area (TPSA) is 166 Å². The zero-order chi connectivity index (χ0) is 47.6. The molecule has 2 fully saturated rings. The molecule has 0 unspecified atom stereocenters. The number of hydrogen-bond acceptors (Lipinski definition) is 20. The Labute approximate surface area is 408 Å². The van der Waals surface area contributed by atoms with E-state index in [1.165, 1.54) is 0 Å². The molecule has 0 aromatic heterocycles. The zero-order valence-electron chi connectivity index (χ0n) is 40.9. The second kappa shape index (κ2) is 36.9. The van der Waals surface area contributed by atoms with Crippen molar-refractivity contribution in [3.05, 3.63) is 0 Å². The predicted octanol–water partition coefficient (Wildman–Crippen LogP) is 3.82. The van der Waals surface area contributed by atoms with Crippen molar-refractivity contribution in [3.63, 3.8) is 0 Å². The minimum atomic E-state index is -0.294. The third-order valence-electron chi connectivity index (χ3n) is 10.9. The van der Waals surface area contributed by atoms with Gasteiger partial charge < -0.3 is 59.2 Å². The van der Waals surface area contributed by atoms with Gasteiger partial charge in [0.15, 0.2) is 0 Å². The van der Waals surface area contributed by atoms with E-state index in [-0.39, 0.29) is 60.1 Å². The van der Waals surface area contributed by atoms with Crippen molar-refractivity contribution in [3.8, 4) is 0 Å². The molecule has 0 bridgehead atoms. The molecular formula is C45H87N7O9S4. The zero-order valence-corrected chi connectivity index (χ0v) is 44.2. The summed E-state index contributed by atoms with van der Waals surface area (Å²) in [7, 11) is 10.8. The van der Waals surface area contributed by atoms with Gasteiger partial charge >= 0.3 is 23.9 Å². The van der Waals surface area contributed by atoms with Crippen LogP contribution in [-0.4, -0.2) is 234 Å². The molecule has 0 atom stereocenters. The third kappa shape index (κ3) is 34.0. The lowest BCUT2D eigenvalue weighted by molar-refractivity contribution is -0.147. The maximum Gasteiger partial charge on any atom is 0.307 e. The number of nitrogens with zero attached hydrogens (tertiary/aromatic N) is 5. The SMILES string of the molecule is CN1CCN(CCCNCCC(=O)OCCSSCC(C)(C)COC(=O)CCN(CCCCO)CCC(=O)OCCSSC(C)(C)COC(=O)CCNCCCN2CCN(C)CC2)CC1. The molecule has 16 nitrogen and oxygen atoms in total. The van der Waals surface area contributed by atoms with E-state index in [1.54, 1.807) is 43.2 Å². The molecule has 0 saturated carbocycles. The lowest BCUT2D eigenvalue weighted by Gasteiger charge is -2.32. The molecular weight excluding hydrogens is 911 g/mol. The first-order valence-corrected chi connectivity index (χ1v) is 28.7. The number of hydrogen-bond donors (Lipinski definition) is 3. The van der Waals surface area contributed by atoms with Crippen LogP contribution in [0.4, 0.5) is 0 Å². The fraction of sp³-hybridized carbons (Fsp3) is 0.911. The summed E-state index contributed by atoms with van der Waals surface area (Å²) in [6.07, 6.45) is 4.67. The minimum absolute atomic E-state index is 0.0916. The Hall–Kier alpha value is -1.04. The Morgan fingerprint density at radius 3 is 1.58 bits per heavy atom. The molecule has 0 amide bonds. The highest BCUT2D eigenvalue weighted by atomic mass is 33.1. The van der Waals surface area contributed by atoms with Crippen LogP contribution in [0.15, 0.2) is 0 Å². The number of likely N-dealkylation sites (N-methyl/N-ethyl adjacent to an activating group) is 2. The predicted molar refractivity (Wildman–Crippen MR) is 271 cm³/mol. The molecule has 0 aliphatic carbocycles. The van der Waals surface area contributed by atoms with E-state index in [1.807, 2.05) is 13.8 Å². The first-order valence-electron chi connectivity index (χ1n) is 23.9. The van der Waals surface area contributed by atoms with E-state index in [0.717, 1.165) is 104 Å². The van der Waals surface area contributed by atoms with Gasteiger partial charge in [-0.3, -0.25) is 19.2 Å². The highest BCUT2D eigenvalue weighted by Crippen LogP contribution is 2.35. The van der Waals surface area contributed by atoms with Gasteiger partial charge in [-0.25, -0.2) is 0 Å². The van der Waals surface area contributed by atoms with Crippen LogP contribution < -0.4 is 10.6 Å². The first-order chi connectivity index (χ1) is 31.2. The van der Waals surface area contributed by atoms with E-state index in [2.05, 4.69) is 63.1 Å². The quantitative estimate of drug-likeness (QED) is 0.0352. The molecule has 0 spiro atoms. The van der Waals surface area contributed by atoms with Crippen LogP contribution >= 0.6 is 43.2 Å². The minimum Gasteiger partial charge on any atom is -0.465 e. The molecule has 3 N–H and O–H groups in total.